The standard InChI is InChI=1S/C24H28O2/c1-17(16-24(3,4)5)15-23(21-11-13-22(26-6)14-12-21)20-9-7-19(8-10-20)18(2)25/h7-14H,16H2,1-6H3. The van der Waals surface area contributed by atoms with E-state index in [-0.39, 0.29) is 11.2 Å². The van der Waals surface area contributed by atoms with Gasteiger partial charge in [-0.15, -0.1) is 5.73 Å². The fourth-order valence-electron chi connectivity index (χ4n) is 2.99. The lowest BCUT2D eigenvalue weighted by Crippen LogP contribution is -2.04. The van der Waals surface area contributed by atoms with Gasteiger partial charge in [0, 0.05) is 11.1 Å². The topological polar surface area (TPSA) is 26.3 Å². The summed E-state index contributed by atoms with van der Waals surface area (Å²) in [6, 6.07) is 15.8. The number of benzene rings is 2. The largest absolute Gasteiger partial charge is 0.497 e. The molecule has 2 aromatic carbocycles. The molecule has 0 atom stereocenters. The van der Waals surface area contributed by atoms with Gasteiger partial charge in [-0.2, -0.15) is 0 Å². The normalized spacial score (nSPS) is 10.8. The Morgan fingerprint density at radius 2 is 1.35 bits per heavy atom. The predicted molar refractivity (Wildman–Crippen MR) is 109 cm³/mol. The average Bonchev–Trinajstić information content (AvgIpc) is 2.58. The molecule has 0 spiro atoms. The van der Waals surface area contributed by atoms with Crippen LogP contribution in [0.15, 0.2) is 59.8 Å². The number of allylic oxidation sites excluding steroid dienone is 1. The van der Waals surface area contributed by atoms with Gasteiger partial charge in [-0.3, -0.25) is 4.79 Å². The molecule has 0 saturated carbocycles. The minimum Gasteiger partial charge on any atom is -0.497 e. The summed E-state index contributed by atoms with van der Waals surface area (Å²) < 4.78 is 5.27. The van der Waals surface area contributed by atoms with E-state index in [0.29, 0.717) is 0 Å². The molecule has 2 heteroatoms. The Labute approximate surface area is 157 Å². The van der Waals surface area contributed by atoms with Crippen molar-refractivity contribution < 1.29 is 9.53 Å². The first-order chi connectivity index (χ1) is 12.2. The van der Waals surface area contributed by atoms with Crippen molar-refractivity contribution in [2.24, 2.45) is 5.41 Å². The first-order valence-corrected chi connectivity index (χ1v) is 8.92. The third kappa shape index (κ3) is 5.47. The second-order valence-corrected chi connectivity index (χ2v) is 7.88. The van der Waals surface area contributed by atoms with Crippen molar-refractivity contribution in [2.45, 2.75) is 41.0 Å². The third-order valence-electron chi connectivity index (χ3n) is 4.09. The molecule has 2 nitrogen and oxygen atoms in total. The summed E-state index contributed by atoms with van der Waals surface area (Å²) in [5.41, 5.74) is 8.90. The number of hydrogen-bond acceptors (Lipinski definition) is 2. The molecule has 0 radical (unpaired) electrons. The van der Waals surface area contributed by atoms with Crippen LogP contribution in [0.5, 0.6) is 5.75 Å². The lowest BCUT2D eigenvalue weighted by molar-refractivity contribution is 0.101. The molecule has 0 heterocycles. The van der Waals surface area contributed by atoms with Crippen molar-refractivity contribution in [3.63, 3.8) is 0 Å². The zero-order valence-corrected chi connectivity index (χ0v) is 16.6. The van der Waals surface area contributed by atoms with E-state index in [9.17, 15) is 4.79 Å². The van der Waals surface area contributed by atoms with Crippen LogP contribution in [0.4, 0.5) is 0 Å². The van der Waals surface area contributed by atoms with E-state index >= 15 is 0 Å². The van der Waals surface area contributed by atoms with Crippen LogP contribution in [-0.2, 0) is 0 Å². The number of hydrogen-bond donors (Lipinski definition) is 0. The highest BCUT2D eigenvalue weighted by molar-refractivity contribution is 5.94. The van der Waals surface area contributed by atoms with Crippen LogP contribution < -0.4 is 4.74 Å². The summed E-state index contributed by atoms with van der Waals surface area (Å²) >= 11 is 0. The Hall–Kier alpha value is -2.57. The molecule has 0 aliphatic rings. The second kappa shape index (κ2) is 8.21. The summed E-state index contributed by atoms with van der Waals surface area (Å²) in [4.78, 5) is 11.6. The molecule has 2 aromatic rings. The number of carbonyl (C=O) groups is 1. The maximum atomic E-state index is 11.6. The highest BCUT2D eigenvalue weighted by Gasteiger charge is 2.12. The zero-order valence-electron chi connectivity index (χ0n) is 16.6. The van der Waals surface area contributed by atoms with Crippen LogP contribution in [0.1, 0.15) is 62.5 Å². The second-order valence-electron chi connectivity index (χ2n) is 7.88. The van der Waals surface area contributed by atoms with Gasteiger partial charge in [0.25, 0.3) is 0 Å². The Morgan fingerprint density at radius 1 is 0.885 bits per heavy atom. The van der Waals surface area contributed by atoms with Gasteiger partial charge in [-0.1, -0.05) is 57.2 Å². The number of carbonyl (C=O) groups excluding carboxylic acids is 1. The van der Waals surface area contributed by atoms with Gasteiger partial charge < -0.3 is 4.74 Å². The summed E-state index contributed by atoms with van der Waals surface area (Å²) in [6.45, 7) is 10.4. The van der Waals surface area contributed by atoms with Crippen molar-refractivity contribution in [1.29, 1.82) is 0 Å². The smallest absolute Gasteiger partial charge is 0.159 e. The number of rotatable bonds is 5. The van der Waals surface area contributed by atoms with Gasteiger partial charge in [-0.25, -0.2) is 0 Å². The van der Waals surface area contributed by atoms with Crippen molar-refractivity contribution in [3.05, 3.63) is 76.5 Å². The number of ketones is 1. The van der Waals surface area contributed by atoms with E-state index in [1.54, 1.807) is 14.0 Å². The molecule has 136 valence electrons. The molecule has 0 aromatic heterocycles. The quantitative estimate of drug-likeness (QED) is 0.467. The van der Waals surface area contributed by atoms with Gasteiger partial charge in [0.2, 0.25) is 0 Å². The monoisotopic (exact) mass is 348 g/mol. The van der Waals surface area contributed by atoms with Crippen LogP contribution >= 0.6 is 0 Å². The van der Waals surface area contributed by atoms with Crippen LogP contribution in [0, 0.1) is 5.41 Å². The van der Waals surface area contributed by atoms with Crippen molar-refractivity contribution in [3.8, 4) is 5.75 Å². The molecule has 0 saturated heterocycles. The van der Waals surface area contributed by atoms with Gasteiger partial charge in [-0.05, 0) is 54.5 Å². The van der Waals surface area contributed by atoms with Crippen LogP contribution in [0.2, 0.25) is 0 Å². The van der Waals surface area contributed by atoms with Gasteiger partial charge in [0.15, 0.2) is 5.78 Å². The zero-order chi connectivity index (χ0) is 19.3. The molecule has 26 heavy (non-hydrogen) atoms. The molecular formula is C24H28O2. The third-order valence-corrected chi connectivity index (χ3v) is 4.09. The van der Waals surface area contributed by atoms with Crippen molar-refractivity contribution >= 4 is 11.4 Å². The van der Waals surface area contributed by atoms with Gasteiger partial charge in [0.05, 0.1) is 7.11 Å². The molecule has 2 rings (SSSR count). The molecule has 0 N–H and O–H groups in total. The Kier molecular flexibility index (Phi) is 6.23. The molecule has 0 unspecified atom stereocenters. The first kappa shape index (κ1) is 19.8. The number of Topliss-reactive ketones (excluding diaryl/α,β-unsaturated/α-hetero) is 1. The number of methoxy groups -OCH3 is 1. The summed E-state index contributed by atoms with van der Waals surface area (Å²) in [7, 11) is 1.67. The first-order valence-electron chi connectivity index (χ1n) is 8.92. The predicted octanol–water partition coefficient (Wildman–Crippen LogP) is 6.31. The Balaban J connectivity index is 2.57. The molecule has 0 fully saturated rings. The van der Waals surface area contributed by atoms with E-state index in [4.69, 9.17) is 4.74 Å². The lowest BCUT2D eigenvalue weighted by atomic mass is 9.88. The van der Waals surface area contributed by atoms with Gasteiger partial charge >= 0.3 is 0 Å². The minimum atomic E-state index is 0.0750. The summed E-state index contributed by atoms with van der Waals surface area (Å²) in [5, 5.41) is 0. The summed E-state index contributed by atoms with van der Waals surface area (Å²) in [6.07, 6.45) is 0.970. The van der Waals surface area contributed by atoms with Crippen LogP contribution in [-0.4, -0.2) is 12.9 Å². The molecular weight excluding hydrogens is 320 g/mol. The number of ether oxygens (including phenoxy) is 1. The fraction of sp³-hybridized carbons (Fsp3) is 0.333. The highest BCUT2D eigenvalue weighted by atomic mass is 16.5. The van der Waals surface area contributed by atoms with E-state index in [2.05, 4.69) is 33.4 Å². The summed E-state index contributed by atoms with van der Waals surface area (Å²) in [5.74, 6) is 0.904. The Morgan fingerprint density at radius 3 is 1.77 bits per heavy atom. The fourth-order valence-corrected chi connectivity index (χ4v) is 2.99. The molecule has 0 aliphatic carbocycles. The average molecular weight is 348 g/mol. The van der Waals surface area contributed by atoms with E-state index in [1.165, 1.54) is 5.57 Å². The molecule has 0 bridgehead atoms. The Bertz CT molecular complexity index is 825. The maximum absolute atomic E-state index is 11.6. The molecule has 0 amide bonds. The van der Waals surface area contributed by atoms with Crippen LogP contribution in [0.25, 0.3) is 5.57 Å². The van der Waals surface area contributed by atoms with E-state index < -0.39 is 0 Å². The van der Waals surface area contributed by atoms with Crippen molar-refractivity contribution in [2.75, 3.05) is 7.11 Å². The van der Waals surface area contributed by atoms with E-state index in [1.807, 2.05) is 48.5 Å². The van der Waals surface area contributed by atoms with Crippen LogP contribution in [0.3, 0.4) is 0 Å². The van der Waals surface area contributed by atoms with Crippen molar-refractivity contribution in [1.82, 2.24) is 0 Å². The molecule has 0 aliphatic heterocycles. The minimum absolute atomic E-state index is 0.0750. The van der Waals surface area contributed by atoms with E-state index in [0.717, 1.165) is 34.4 Å². The highest BCUT2D eigenvalue weighted by Crippen LogP contribution is 2.28. The SMILES string of the molecule is COc1ccc(C(=C=C(C)CC(C)(C)C)c2ccc(C(C)=O)cc2)cc1. The lowest BCUT2D eigenvalue weighted by Gasteiger charge is -2.17. The maximum Gasteiger partial charge on any atom is 0.159 e. The van der Waals surface area contributed by atoms with Gasteiger partial charge in [0.1, 0.15) is 5.75 Å².